The van der Waals surface area contributed by atoms with E-state index in [4.69, 9.17) is 13.9 Å². The normalized spacial score (nSPS) is 12.1. The molecule has 0 aliphatic heterocycles. The summed E-state index contributed by atoms with van der Waals surface area (Å²) < 4.78 is 15.5. The van der Waals surface area contributed by atoms with Gasteiger partial charge < -0.3 is 19.2 Å². The van der Waals surface area contributed by atoms with Crippen LogP contribution in [-0.4, -0.2) is 38.2 Å². The first-order valence-electron chi connectivity index (χ1n) is 7.00. The summed E-state index contributed by atoms with van der Waals surface area (Å²) in [4.78, 5) is 23.9. The van der Waals surface area contributed by atoms with Gasteiger partial charge in [0.25, 0.3) is 5.91 Å². The topological polar surface area (TPSA) is 77.8 Å². The Morgan fingerprint density at radius 2 is 2.05 bits per heavy atom. The standard InChI is InChI=1S/C16H19NO5/c1-10-12-6-4-5-7-13(12)22-14(10)16(19)21-11(2)15(18)17-8-9-20-3/h4-7,11H,8-9H2,1-3H3,(H,17,18)/t11-/m1/s1. The number of ether oxygens (including phenoxy) is 2. The zero-order valence-corrected chi connectivity index (χ0v) is 12.8. The number of fused-ring (bicyclic) bond motifs is 1. The van der Waals surface area contributed by atoms with E-state index in [1.807, 2.05) is 18.2 Å². The van der Waals surface area contributed by atoms with Crippen molar-refractivity contribution in [1.29, 1.82) is 0 Å². The van der Waals surface area contributed by atoms with E-state index in [0.29, 0.717) is 24.3 Å². The van der Waals surface area contributed by atoms with Crippen LogP contribution in [0.15, 0.2) is 28.7 Å². The summed E-state index contributed by atoms with van der Waals surface area (Å²) in [5.74, 6) is -0.903. The van der Waals surface area contributed by atoms with Crippen LogP contribution in [0.4, 0.5) is 0 Å². The zero-order valence-electron chi connectivity index (χ0n) is 12.8. The molecule has 1 N–H and O–H groups in total. The van der Waals surface area contributed by atoms with E-state index in [2.05, 4.69) is 5.32 Å². The molecule has 6 heteroatoms. The molecular weight excluding hydrogens is 286 g/mol. The van der Waals surface area contributed by atoms with Crippen LogP contribution in [-0.2, 0) is 14.3 Å². The van der Waals surface area contributed by atoms with Gasteiger partial charge >= 0.3 is 5.97 Å². The molecule has 1 amide bonds. The first kappa shape index (κ1) is 16.0. The molecule has 0 radical (unpaired) electrons. The molecule has 22 heavy (non-hydrogen) atoms. The van der Waals surface area contributed by atoms with E-state index in [-0.39, 0.29) is 11.7 Å². The first-order chi connectivity index (χ1) is 10.5. The van der Waals surface area contributed by atoms with Crippen LogP contribution < -0.4 is 5.32 Å². The molecule has 0 aliphatic carbocycles. The van der Waals surface area contributed by atoms with E-state index in [1.165, 1.54) is 6.92 Å². The van der Waals surface area contributed by atoms with E-state index >= 15 is 0 Å². The molecule has 1 aromatic heterocycles. The quantitative estimate of drug-likeness (QED) is 0.653. The van der Waals surface area contributed by atoms with Crippen molar-refractivity contribution in [2.45, 2.75) is 20.0 Å². The molecule has 0 spiro atoms. The minimum absolute atomic E-state index is 0.123. The van der Waals surface area contributed by atoms with Gasteiger partial charge in [0.15, 0.2) is 6.10 Å². The Hall–Kier alpha value is -2.34. The lowest BCUT2D eigenvalue weighted by Gasteiger charge is -2.12. The highest BCUT2D eigenvalue weighted by Crippen LogP contribution is 2.25. The predicted molar refractivity (Wildman–Crippen MR) is 80.7 cm³/mol. The molecule has 0 bridgehead atoms. The van der Waals surface area contributed by atoms with Crippen molar-refractivity contribution in [3.63, 3.8) is 0 Å². The number of benzene rings is 1. The number of aryl methyl sites for hydroxylation is 1. The van der Waals surface area contributed by atoms with Gasteiger partial charge in [0, 0.05) is 24.6 Å². The molecule has 6 nitrogen and oxygen atoms in total. The van der Waals surface area contributed by atoms with E-state index < -0.39 is 12.1 Å². The molecule has 0 fully saturated rings. The number of carbonyl (C=O) groups excluding carboxylic acids is 2. The third-order valence-electron chi connectivity index (χ3n) is 3.29. The molecule has 0 aliphatic rings. The maximum Gasteiger partial charge on any atom is 0.375 e. The molecule has 2 rings (SSSR count). The second-order valence-corrected chi connectivity index (χ2v) is 4.88. The number of rotatable bonds is 6. The van der Waals surface area contributed by atoms with Crippen LogP contribution in [0.2, 0.25) is 0 Å². The lowest BCUT2D eigenvalue weighted by molar-refractivity contribution is -0.129. The van der Waals surface area contributed by atoms with Crippen molar-refractivity contribution in [1.82, 2.24) is 5.32 Å². The number of carbonyl (C=O) groups is 2. The number of methoxy groups -OCH3 is 1. The minimum Gasteiger partial charge on any atom is -0.449 e. The van der Waals surface area contributed by atoms with Crippen molar-refractivity contribution < 1.29 is 23.5 Å². The molecule has 0 unspecified atom stereocenters. The molecule has 0 saturated heterocycles. The zero-order chi connectivity index (χ0) is 16.1. The summed E-state index contributed by atoms with van der Waals surface area (Å²) in [7, 11) is 1.54. The van der Waals surface area contributed by atoms with Gasteiger partial charge in [-0.1, -0.05) is 18.2 Å². The van der Waals surface area contributed by atoms with Crippen molar-refractivity contribution in [2.24, 2.45) is 0 Å². The summed E-state index contributed by atoms with van der Waals surface area (Å²) in [5.41, 5.74) is 1.32. The summed E-state index contributed by atoms with van der Waals surface area (Å²) in [5, 5.41) is 3.46. The summed E-state index contributed by atoms with van der Waals surface area (Å²) >= 11 is 0. The van der Waals surface area contributed by atoms with Crippen LogP contribution in [0.1, 0.15) is 23.0 Å². The largest absolute Gasteiger partial charge is 0.449 e. The summed E-state index contributed by atoms with van der Waals surface area (Å²) in [6.07, 6.45) is -0.906. The Kier molecular flexibility index (Phi) is 5.16. The van der Waals surface area contributed by atoms with Gasteiger partial charge in [-0.05, 0) is 19.9 Å². The molecule has 1 heterocycles. The average molecular weight is 305 g/mol. The monoisotopic (exact) mass is 305 g/mol. The van der Waals surface area contributed by atoms with E-state index in [0.717, 1.165) is 5.39 Å². The molecule has 2 aromatic rings. The second kappa shape index (κ2) is 7.09. The third-order valence-corrected chi connectivity index (χ3v) is 3.29. The van der Waals surface area contributed by atoms with Crippen molar-refractivity contribution >= 4 is 22.8 Å². The maximum absolute atomic E-state index is 12.2. The van der Waals surface area contributed by atoms with Crippen LogP contribution in [0.3, 0.4) is 0 Å². The molecule has 1 aromatic carbocycles. The Morgan fingerprint density at radius 1 is 1.32 bits per heavy atom. The van der Waals surface area contributed by atoms with Crippen molar-refractivity contribution in [3.8, 4) is 0 Å². The number of esters is 1. The van der Waals surface area contributed by atoms with E-state index in [9.17, 15) is 9.59 Å². The number of nitrogens with one attached hydrogen (secondary N) is 1. The molecular formula is C16H19NO5. The SMILES string of the molecule is COCCNC(=O)[C@@H](C)OC(=O)c1oc2ccccc2c1C. The van der Waals surface area contributed by atoms with Gasteiger partial charge in [-0.25, -0.2) is 4.79 Å². The van der Waals surface area contributed by atoms with Gasteiger partial charge in [-0.2, -0.15) is 0 Å². The Balaban J connectivity index is 2.04. The van der Waals surface area contributed by atoms with Crippen LogP contribution in [0.25, 0.3) is 11.0 Å². The van der Waals surface area contributed by atoms with Gasteiger partial charge in [-0.3, -0.25) is 4.79 Å². The second-order valence-electron chi connectivity index (χ2n) is 4.88. The van der Waals surface area contributed by atoms with Crippen LogP contribution in [0.5, 0.6) is 0 Å². The highest BCUT2D eigenvalue weighted by atomic mass is 16.6. The number of para-hydroxylation sites is 1. The smallest absolute Gasteiger partial charge is 0.375 e. The van der Waals surface area contributed by atoms with Crippen molar-refractivity contribution in [2.75, 3.05) is 20.3 Å². The van der Waals surface area contributed by atoms with Crippen LogP contribution in [0, 0.1) is 6.92 Å². The van der Waals surface area contributed by atoms with Gasteiger partial charge in [0.1, 0.15) is 5.58 Å². The highest BCUT2D eigenvalue weighted by molar-refractivity contribution is 5.97. The van der Waals surface area contributed by atoms with Crippen molar-refractivity contribution in [3.05, 3.63) is 35.6 Å². The molecule has 1 atom stereocenters. The number of hydrogen-bond donors (Lipinski definition) is 1. The molecule has 118 valence electrons. The Morgan fingerprint density at radius 3 is 2.73 bits per heavy atom. The maximum atomic E-state index is 12.2. The van der Waals surface area contributed by atoms with Gasteiger partial charge in [-0.15, -0.1) is 0 Å². The number of amides is 1. The minimum atomic E-state index is -0.906. The first-order valence-corrected chi connectivity index (χ1v) is 7.00. The third kappa shape index (κ3) is 3.46. The lowest BCUT2D eigenvalue weighted by Crippen LogP contribution is -2.37. The predicted octanol–water partition coefficient (Wildman–Crippen LogP) is 2.05. The van der Waals surface area contributed by atoms with Crippen LogP contribution >= 0.6 is 0 Å². The Labute approximate surface area is 128 Å². The Bertz CT molecular complexity index is 676. The lowest BCUT2D eigenvalue weighted by atomic mass is 10.1. The number of furan rings is 1. The fourth-order valence-corrected chi connectivity index (χ4v) is 2.06. The van der Waals surface area contributed by atoms with Gasteiger partial charge in [0.05, 0.1) is 6.61 Å². The highest BCUT2D eigenvalue weighted by Gasteiger charge is 2.23. The number of hydrogen-bond acceptors (Lipinski definition) is 5. The molecule has 0 saturated carbocycles. The summed E-state index contributed by atoms with van der Waals surface area (Å²) in [6.45, 7) is 4.06. The van der Waals surface area contributed by atoms with Gasteiger partial charge in [0.2, 0.25) is 5.76 Å². The van der Waals surface area contributed by atoms with E-state index in [1.54, 1.807) is 20.1 Å². The fourth-order valence-electron chi connectivity index (χ4n) is 2.06. The average Bonchev–Trinajstić information content (AvgIpc) is 2.85. The summed E-state index contributed by atoms with van der Waals surface area (Å²) in [6, 6.07) is 7.34. The fraction of sp³-hybridized carbons (Fsp3) is 0.375.